The van der Waals surface area contributed by atoms with Crippen LogP contribution in [0.4, 0.5) is 0 Å². The van der Waals surface area contributed by atoms with Gasteiger partial charge in [-0.05, 0) is 19.3 Å². The van der Waals surface area contributed by atoms with Crippen LogP contribution < -0.4 is 5.32 Å². The third-order valence-corrected chi connectivity index (χ3v) is 4.16. The lowest BCUT2D eigenvalue weighted by atomic mass is 9.81. The van der Waals surface area contributed by atoms with Crippen molar-refractivity contribution in [2.45, 2.75) is 39.2 Å². The van der Waals surface area contributed by atoms with E-state index >= 15 is 0 Å². The molecule has 1 atom stereocenters. The van der Waals surface area contributed by atoms with Gasteiger partial charge in [-0.15, -0.1) is 0 Å². The monoisotopic (exact) mass is 270 g/mol. The number of ether oxygens (including phenoxy) is 2. The highest BCUT2D eigenvalue weighted by Gasteiger charge is 2.34. The average Bonchev–Trinajstić information content (AvgIpc) is 2.66. The SMILES string of the molecule is CC(C)NCC1(CN2CCCOCC2)CCCOC1. The van der Waals surface area contributed by atoms with Crippen LogP contribution in [0.15, 0.2) is 0 Å². The van der Waals surface area contributed by atoms with E-state index in [0.29, 0.717) is 11.5 Å². The summed E-state index contributed by atoms with van der Waals surface area (Å²) in [4.78, 5) is 2.57. The topological polar surface area (TPSA) is 33.7 Å². The minimum atomic E-state index is 0.298. The maximum atomic E-state index is 5.79. The van der Waals surface area contributed by atoms with Gasteiger partial charge >= 0.3 is 0 Å². The second-order valence-electron chi connectivity index (χ2n) is 6.43. The zero-order valence-electron chi connectivity index (χ0n) is 12.6. The van der Waals surface area contributed by atoms with Gasteiger partial charge in [0.05, 0.1) is 13.2 Å². The number of nitrogens with zero attached hydrogens (tertiary/aromatic N) is 1. The van der Waals surface area contributed by atoms with Crippen LogP contribution in [0.25, 0.3) is 0 Å². The molecular formula is C15H30N2O2. The zero-order valence-corrected chi connectivity index (χ0v) is 12.6. The van der Waals surface area contributed by atoms with Gasteiger partial charge in [0.25, 0.3) is 0 Å². The Morgan fingerprint density at radius 2 is 1.95 bits per heavy atom. The quantitative estimate of drug-likeness (QED) is 0.821. The largest absolute Gasteiger partial charge is 0.381 e. The van der Waals surface area contributed by atoms with Crippen molar-refractivity contribution in [1.29, 1.82) is 0 Å². The lowest BCUT2D eigenvalue weighted by molar-refractivity contribution is -0.0271. The molecule has 4 nitrogen and oxygen atoms in total. The molecule has 0 spiro atoms. The van der Waals surface area contributed by atoms with Crippen molar-refractivity contribution < 1.29 is 9.47 Å². The first-order valence-corrected chi connectivity index (χ1v) is 7.81. The van der Waals surface area contributed by atoms with Gasteiger partial charge in [0.15, 0.2) is 0 Å². The van der Waals surface area contributed by atoms with Crippen molar-refractivity contribution in [3.8, 4) is 0 Å². The van der Waals surface area contributed by atoms with Gasteiger partial charge in [-0.2, -0.15) is 0 Å². The van der Waals surface area contributed by atoms with Crippen LogP contribution in [0, 0.1) is 5.41 Å². The molecule has 0 radical (unpaired) electrons. The maximum absolute atomic E-state index is 5.79. The Labute approximate surface area is 117 Å². The van der Waals surface area contributed by atoms with Crippen molar-refractivity contribution >= 4 is 0 Å². The van der Waals surface area contributed by atoms with E-state index < -0.39 is 0 Å². The molecule has 0 amide bonds. The molecule has 1 N–H and O–H groups in total. The fourth-order valence-corrected chi connectivity index (χ4v) is 3.08. The van der Waals surface area contributed by atoms with Gasteiger partial charge in [0.1, 0.15) is 0 Å². The van der Waals surface area contributed by atoms with E-state index in [1.54, 1.807) is 0 Å². The predicted octanol–water partition coefficient (Wildman–Crippen LogP) is 1.50. The smallest absolute Gasteiger partial charge is 0.0593 e. The number of nitrogens with one attached hydrogen (secondary N) is 1. The van der Waals surface area contributed by atoms with Crippen molar-refractivity contribution in [1.82, 2.24) is 10.2 Å². The average molecular weight is 270 g/mol. The molecule has 0 saturated carbocycles. The van der Waals surface area contributed by atoms with Crippen molar-refractivity contribution in [2.24, 2.45) is 5.41 Å². The first-order chi connectivity index (χ1) is 9.20. The van der Waals surface area contributed by atoms with Gasteiger partial charge in [0, 0.05) is 50.8 Å². The predicted molar refractivity (Wildman–Crippen MR) is 77.5 cm³/mol. The summed E-state index contributed by atoms with van der Waals surface area (Å²) < 4.78 is 11.3. The Morgan fingerprint density at radius 3 is 2.68 bits per heavy atom. The van der Waals surface area contributed by atoms with Gasteiger partial charge in [-0.3, -0.25) is 0 Å². The molecule has 19 heavy (non-hydrogen) atoms. The van der Waals surface area contributed by atoms with Crippen LogP contribution >= 0.6 is 0 Å². The molecule has 2 heterocycles. The van der Waals surface area contributed by atoms with Crippen LogP contribution in [-0.2, 0) is 9.47 Å². The van der Waals surface area contributed by atoms with E-state index in [0.717, 1.165) is 52.5 Å². The van der Waals surface area contributed by atoms with E-state index in [4.69, 9.17) is 9.47 Å². The molecule has 112 valence electrons. The fraction of sp³-hybridized carbons (Fsp3) is 1.00. The van der Waals surface area contributed by atoms with Crippen LogP contribution in [0.5, 0.6) is 0 Å². The molecule has 0 aromatic heterocycles. The lowest BCUT2D eigenvalue weighted by Gasteiger charge is -2.41. The minimum Gasteiger partial charge on any atom is -0.381 e. The molecule has 2 rings (SSSR count). The highest BCUT2D eigenvalue weighted by Crippen LogP contribution is 2.29. The summed E-state index contributed by atoms with van der Waals surface area (Å²) in [5.41, 5.74) is 0.298. The summed E-state index contributed by atoms with van der Waals surface area (Å²) in [6.07, 6.45) is 3.64. The Morgan fingerprint density at radius 1 is 1.11 bits per heavy atom. The Bertz CT molecular complexity index is 245. The van der Waals surface area contributed by atoms with Crippen LogP contribution in [-0.4, -0.2) is 63.5 Å². The molecule has 2 aliphatic rings. The first-order valence-electron chi connectivity index (χ1n) is 7.81. The summed E-state index contributed by atoms with van der Waals surface area (Å²) >= 11 is 0. The van der Waals surface area contributed by atoms with Gasteiger partial charge < -0.3 is 19.7 Å². The molecule has 2 saturated heterocycles. The number of rotatable bonds is 5. The molecule has 0 aromatic carbocycles. The lowest BCUT2D eigenvalue weighted by Crippen LogP contribution is -2.50. The van der Waals surface area contributed by atoms with E-state index in [2.05, 4.69) is 24.1 Å². The number of hydrogen-bond donors (Lipinski definition) is 1. The second-order valence-corrected chi connectivity index (χ2v) is 6.43. The molecule has 2 fully saturated rings. The van der Waals surface area contributed by atoms with Crippen molar-refractivity contribution in [2.75, 3.05) is 52.6 Å². The number of hydrogen-bond acceptors (Lipinski definition) is 4. The summed E-state index contributed by atoms with van der Waals surface area (Å²) in [6.45, 7) is 12.6. The molecule has 2 aliphatic heterocycles. The summed E-state index contributed by atoms with van der Waals surface area (Å²) in [7, 11) is 0. The highest BCUT2D eigenvalue weighted by atomic mass is 16.5. The summed E-state index contributed by atoms with van der Waals surface area (Å²) in [5, 5.41) is 3.62. The molecule has 0 aromatic rings. The summed E-state index contributed by atoms with van der Waals surface area (Å²) in [6, 6.07) is 0.547. The summed E-state index contributed by atoms with van der Waals surface area (Å²) in [5.74, 6) is 0. The zero-order chi connectivity index (χ0) is 13.6. The fourth-order valence-electron chi connectivity index (χ4n) is 3.08. The maximum Gasteiger partial charge on any atom is 0.0593 e. The molecule has 0 aliphatic carbocycles. The Hall–Kier alpha value is -0.160. The van der Waals surface area contributed by atoms with E-state index in [1.807, 2.05) is 0 Å². The van der Waals surface area contributed by atoms with Gasteiger partial charge in [-0.25, -0.2) is 0 Å². The third-order valence-electron chi connectivity index (χ3n) is 4.16. The van der Waals surface area contributed by atoms with Crippen LogP contribution in [0.1, 0.15) is 33.1 Å². The first kappa shape index (κ1) is 15.2. The molecule has 4 heteroatoms. The molecular weight excluding hydrogens is 240 g/mol. The minimum absolute atomic E-state index is 0.298. The normalized spacial score (nSPS) is 30.5. The van der Waals surface area contributed by atoms with E-state index in [-0.39, 0.29) is 0 Å². The van der Waals surface area contributed by atoms with Crippen molar-refractivity contribution in [3.05, 3.63) is 0 Å². The molecule has 0 bridgehead atoms. The standard InChI is InChI=1S/C15H30N2O2/c1-14(2)16-11-15(5-3-8-19-13-15)12-17-6-4-9-18-10-7-17/h14,16H,3-13H2,1-2H3. The molecule has 1 unspecified atom stereocenters. The third kappa shape index (κ3) is 5.03. The highest BCUT2D eigenvalue weighted by molar-refractivity contribution is 4.88. The van der Waals surface area contributed by atoms with Gasteiger partial charge in [-0.1, -0.05) is 13.8 Å². The Kier molecular flexibility index (Phi) is 6.07. The second kappa shape index (κ2) is 7.58. The Balaban J connectivity index is 1.91. The van der Waals surface area contributed by atoms with Gasteiger partial charge in [0.2, 0.25) is 0 Å². The van der Waals surface area contributed by atoms with Crippen LogP contribution in [0.3, 0.4) is 0 Å². The van der Waals surface area contributed by atoms with E-state index in [9.17, 15) is 0 Å². The van der Waals surface area contributed by atoms with Crippen molar-refractivity contribution in [3.63, 3.8) is 0 Å². The van der Waals surface area contributed by atoms with E-state index in [1.165, 1.54) is 19.4 Å². The van der Waals surface area contributed by atoms with Crippen LogP contribution in [0.2, 0.25) is 0 Å².